The Labute approximate surface area is 122 Å². The van der Waals surface area contributed by atoms with Crippen LogP contribution in [0.5, 0.6) is 0 Å². The molecule has 3 N–H and O–H groups in total. The van der Waals surface area contributed by atoms with E-state index in [-0.39, 0.29) is 11.6 Å². The van der Waals surface area contributed by atoms with Gasteiger partial charge in [-0.1, -0.05) is 25.7 Å². The molecule has 0 saturated heterocycles. The minimum atomic E-state index is 0.0816. The monoisotopic (exact) mass is 279 g/mol. The maximum Gasteiger partial charge on any atom is 0.0812 e. The van der Waals surface area contributed by atoms with Crippen LogP contribution in [0.3, 0.4) is 0 Å². The zero-order valence-electron chi connectivity index (χ0n) is 13.1. The Morgan fingerprint density at radius 2 is 2.00 bits per heavy atom. The largest absolute Gasteiger partial charge is 0.302 e. The van der Waals surface area contributed by atoms with Crippen LogP contribution in [-0.4, -0.2) is 34.3 Å². The summed E-state index contributed by atoms with van der Waals surface area (Å²) in [7, 11) is 4.37. The molecule has 0 radical (unpaired) electrons. The first-order valence-electron chi connectivity index (χ1n) is 7.81. The molecule has 0 amide bonds. The van der Waals surface area contributed by atoms with E-state index in [1.54, 1.807) is 0 Å². The molecule has 1 saturated carbocycles. The fourth-order valence-corrected chi connectivity index (χ4v) is 3.70. The van der Waals surface area contributed by atoms with E-state index >= 15 is 0 Å². The van der Waals surface area contributed by atoms with Gasteiger partial charge in [-0.3, -0.25) is 10.5 Å². The van der Waals surface area contributed by atoms with Gasteiger partial charge < -0.3 is 4.90 Å². The molecule has 1 unspecified atom stereocenters. The molecule has 0 bridgehead atoms. The lowest BCUT2D eigenvalue weighted by Gasteiger charge is -2.45. The minimum Gasteiger partial charge on any atom is -0.302 e. The van der Waals surface area contributed by atoms with E-state index in [1.165, 1.54) is 44.2 Å². The van der Waals surface area contributed by atoms with Gasteiger partial charge in [0, 0.05) is 18.3 Å². The lowest BCUT2D eigenvalue weighted by atomic mass is 9.80. The number of aromatic nitrogens is 2. The molecule has 2 rings (SSSR count). The van der Waals surface area contributed by atoms with E-state index in [0.29, 0.717) is 0 Å². The summed E-state index contributed by atoms with van der Waals surface area (Å²) in [5.41, 5.74) is 4.38. The van der Waals surface area contributed by atoms with E-state index in [4.69, 9.17) is 5.84 Å². The number of hydrazine groups is 1. The third-order valence-corrected chi connectivity index (χ3v) is 4.91. The molecule has 1 fully saturated rings. The van der Waals surface area contributed by atoms with Crippen molar-refractivity contribution in [3.8, 4) is 0 Å². The van der Waals surface area contributed by atoms with E-state index < -0.39 is 0 Å². The topological polar surface area (TPSA) is 59.1 Å². The molecule has 1 atom stereocenters. The highest BCUT2D eigenvalue weighted by Gasteiger charge is 2.42. The Hall–Kier alpha value is -0.910. The molecule has 0 aliphatic heterocycles. The predicted molar refractivity (Wildman–Crippen MR) is 82.1 cm³/mol. The number of nitrogens with zero attached hydrogens (tertiary/aromatic N) is 3. The van der Waals surface area contributed by atoms with Gasteiger partial charge in [0.2, 0.25) is 0 Å². The van der Waals surface area contributed by atoms with Crippen LogP contribution in [0.15, 0.2) is 12.3 Å². The second-order valence-corrected chi connectivity index (χ2v) is 6.08. The molecule has 1 aliphatic carbocycles. The van der Waals surface area contributed by atoms with Crippen LogP contribution in [0.4, 0.5) is 0 Å². The van der Waals surface area contributed by atoms with Crippen LogP contribution in [-0.2, 0) is 6.54 Å². The van der Waals surface area contributed by atoms with Gasteiger partial charge in [-0.2, -0.15) is 5.10 Å². The third kappa shape index (κ3) is 2.75. The van der Waals surface area contributed by atoms with Crippen LogP contribution >= 0.6 is 0 Å². The molecule has 0 spiro atoms. The van der Waals surface area contributed by atoms with Gasteiger partial charge in [0.15, 0.2) is 0 Å². The maximum absolute atomic E-state index is 5.97. The average molecular weight is 279 g/mol. The SMILES string of the molecule is CCn1nccc1C(NN)C1(N(C)C)CCCCCC1. The Morgan fingerprint density at radius 1 is 1.35 bits per heavy atom. The molecule has 1 aliphatic rings. The van der Waals surface area contributed by atoms with Crippen molar-refractivity contribution in [2.24, 2.45) is 5.84 Å². The standard InChI is InChI=1S/C15H29N5/c1-4-20-13(9-12-17-20)14(18-16)15(19(2)3)10-7-5-6-8-11-15/h9,12,14,18H,4-8,10-11,16H2,1-3H3. The van der Waals surface area contributed by atoms with Crippen LogP contribution in [0.2, 0.25) is 0 Å². The normalized spacial score (nSPS) is 20.9. The van der Waals surface area contributed by atoms with Crippen molar-refractivity contribution in [3.63, 3.8) is 0 Å². The molecule has 1 aromatic heterocycles. The quantitative estimate of drug-likeness (QED) is 0.492. The molecule has 0 aromatic carbocycles. The second kappa shape index (κ2) is 6.70. The predicted octanol–water partition coefficient (Wildman–Crippen LogP) is 2.06. The number of nitrogens with one attached hydrogen (secondary N) is 1. The smallest absolute Gasteiger partial charge is 0.0812 e. The number of nitrogens with two attached hydrogens (primary N) is 1. The van der Waals surface area contributed by atoms with Crippen molar-refractivity contribution >= 4 is 0 Å². The zero-order valence-corrected chi connectivity index (χ0v) is 13.1. The summed E-state index contributed by atoms with van der Waals surface area (Å²) in [6.07, 6.45) is 9.46. The van der Waals surface area contributed by atoms with Gasteiger partial charge in [-0.05, 0) is 39.9 Å². The first-order chi connectivity index (χ1) is 9.65. The summed E-state index contributed by atoms with van der Waals surface area (Å²) in [5, 5.41) is 4.41. The molecular formula is C15H29N5. The Kier molecular flexibility index (Phi) is 5.18. The van der Waals surface area contributed by atoms with Crippen molar-refractivity contribution in [1.82, 2.24) is 20.1 Å². The van der Waals surface area contributed by atoms with Gasteiger partial charge in [-0.25, -0.2) is 5.43 Å². The Balaban J connectivity index is 2.39. The van der Waals surface area contributed by atoms with Gasteiger partial charge in [0.1, 0.15) is 0 Å². The summed E-state index contributed by atoms with van der Waals surface area (Å²) in [4.78, 5) is 2.37. The fourth-order valence-electron chi connectivity index (χ4n) is 3.70. The highest BCUT2D eigenvalue weighted by Crippen LogP contribution is 2.40. The second-order valence-electron chi connectivity index (χ2n) is 6.08. The van der Waals surface area contributed by atoms with Gasteiger partial charge in [-0.15, -0.1) is 0 Å². The molecule has 5 nitrogen and oxygen atoms in total. The lowest BCUT2D eigenvalue weighted by Crippen LogP contribution is -2.55. The van der Waals surface area contributed by atoms with Gasteiger partial charge in [0.05, 0.1) is 11.7 Å². The number of aryl methyl sites for hydroxylation is 1. The van der Waals surface area contributed by atoms with E-state index in [1.807, 2.05) is 6.20 Å². The highest BCUT2D eigenvalue weighted by atomic mass is 15.3. The Morgan fingerprint density at radius 3 is 2.50 bits per heavy atom. The van der Waals surface area contributed by atoms with Gasteiger partial charge in [0.25, 0.3) is 0 Å². The fraction of sp³-hybridized carbons (Fsp3) is 0.800. The summed E-state index contributed by atoms with van der Waals surface area (Å²) < 4.78 is 2.06. The number of rotatable bonds is 5. The third-order valence-electron chi connectivity index (χ3n) is 4.91. The van der Waals surface area contributed by atoms with Gasteiger partial charge >= 0.3 is 0 Å². The van der Waals surface area contributed by atoms with Crippen LogP contribution in [0, 0.1) is 0 Å². The van der Waals surface area contributed by atoms with Crippen molar-refractivity contribution in [1.29, 1.82) is 0 Å². The molecule has 114 valence electrons. The average Bonchev–Trinajstić information content (AvgIpc) is 2.76. The highest BCUT2D eigenvalue weighted by molar-refractivity contribution is 5.15. The molecule has 20 heavy (non-hydrogen) atoms. The van der Waals surface area contributed by atoms with Crippen molar-refractivity contribution < 1.29 is 0 Å². The maximum atomic E-state index is 5.97. The van der Waals surface area contributed by atoms with Crippen LogP contribution in [0.25, 0.3) is 0 Å². The number of likely N-dealkylation sites (N-methyl/N-ethyl adjacent to an activating group) is 1. The lowest BCUT2D eigenvalue weighted by molar-refractivity contribution is 0.0761. The molecule has 5 heteroatoms. The zero-order chi connectivity index (χ0) is 14.6. The van der Waals surface area contributed by atoms with E-state index in [0.717, 1.165) is 6.54 Å². The summed E-state index contributed by atoms with van der Waals surface area (Å²) in [6, 6.07) is 2.22. The van der Waals surface area contributed by atoms with Crippen LogP contribution < -0.4 is 11.3 Å². The number of hydrogen-bond donors (Lipinski definition) is 2. The van der Waals surface area contributed by atoms with Crippen molar-refractivity contribution in [2.75, 3.05) is 14.1 Å². The first kappa shape index (κ1) is 15.5. The van der Waals surface area contributed by atoms with Crippen LogP contribution in [0.1, 0.15) is 57.2 Å². The van der Waals surface area contributed by atoms with Crippen molar-refractivity contribution in [2.45, 2.75) is 63.6 Å². The number of hydrogen-bond acceptors (Lipinski definition) is 4. The summed E-state index contributed by atoms with van der Waals surface area (Å²) >= 11 is 0. The van der Waals surface area contributed by atoms with E-state index in [2.05, 4.69) is 47.2 Å². The summed E-state index contributed by atoms with van der Waals surface area (Å²) in [6.45, 7) is 3.00. The first-order valence-corrected chi connectivity index (χ1v) is 7.81. The molecule has 1 aromatic rings. The minimum absolute atomic E-state index is 0.0816. The van der Waals surface area contributed by atoms with Crippen molar-refractivity contribution in [3.05, 3.63) is 18.0 Å². The Bertz CT molecular complexity index is 404. The molecule has 1 heterocycles. The summed E-state index contributed by atoms with van der Waals surface area (Å²) in [5.74, 6) is 5.97. The van der Waals surface area contributed by atoms with E-state index in [9.17, 15) is 0 Å². The molecular weight excluding hydrogens is 250 g/mol.